The molecule has 0 saturated heterocycles. The molecule has 0 aromatic rings. The maximum atomic E-state index is 11.4. The minimum absolute atomic E-state index is 0.187. The first-order valence-corrected chi connectivity index (χ1v) is 5.89. The molecule has 0 aliphatic heterocycles. The van der Waals surface area contributed by atoms with Gasteiger partial charge in [-0.1, -0.05) is 13.8 Å². The second kappa shape index (κ2) is 7.63. The molecular formula is C12H26N2O2. The number of hydrogen-bond acceptors (Lipinski definition) is 4. The number of likely N-dealkylation sites (N-methyl/N-ethyl adjacent to an activating group) is 1. The van der Waals surface area contributed by atoms with Gasteiger partial charge in [0.2, 0.25) is 0 Å². The van der Waals surface area contributed by atoms with Gasteiger partial charge in [0.1, 0.15) is 6.04 Å². The SMILES string of the molecule is CNC(CCN(C)C(C)C(C)C)C(=O)OC. The Kier molecular flexibility index (Phi) is 7.34. The third-order valence-corrected chi connectivity index (χ3v) is 3.26. The Balaban J connectivity index is 4.06. The molecule has 0 rings (SSSR count). The van der Waals surface area contributed by atoms with Gasteiger partial charge in [-0.3, -0.25) is 4.79 Å². The Bertz CT molecular complexity index is 207. The van der Waals surface area contributed by atoms with E-state index in [2.05, 4.69) is 38.0 Å². The molecule has 96 valence electrons. The maximum absolute atomic E-state index is 11.4. The van der Waals surface area contributed by atoms with Crippen LogP contribution in [-0.4, -0.2) is 50.7 Å². The Morgan fingerprint density at radius 3 is 2.31 bits per heavy atom. The van der Waals surface area contributed by atoms with E-state index in [0.29, 0.717) is 12.0 Å². The van der Waals surface area contributed by atoms with Crippen LogP contribution in [0, 0.1) is 5.92 Å². The normalized spacial score (nSPS) is 15.2. The number of esters is 1. The van der Waals surface area contributed by atoms with Gasteiger partial charge < -0.3 is 15.0 Å². The lowest BCUT2D eigenvalue weighted by molar-refractivity contribution is -0.143. The zero-order valence-corrected chi connectivity index (χ0v) is 11.4. The number of nitrogens with one attached hydrogen (secondary N) is 1. The lowest BCUT2D eigenvalue weighted by atomic mass is 10.0. The molecule has 0 saturated carbocycles. The molecular weight excluding hydrogens is 204 g/mol. The molecule has 4 heteroatoms. The van der Waals surface area contributed by atoms with Crippen LogP contribution in [0.2, 0.25) is 0 Å². The molecule has 2 unspecified atom stereocenters. The average Bonchev–Trinajstić information content (AvgIpc) is 2.27. The highest BCUT2D eigenvalue weighted by atomic mass is 16.5. The van der Waals surface area contributed by atoms with Crippen LogP contribution in [0.3, 0.4) is 0 Å². The van der Waals surface area contributed by atoms with E-state index in [9.17, 15) is 4.79 Å². The van der Waals surface area contributed by atoms with Gasteiger partial charge in [-0.05, 0) is 33.4 Å². The van der Waals surface area contributed by atoms with E-state index in [0.717, 1.165) is 13.0 Å². The number of rotatable bonds is 7. The van der Waals surface area contributed by atoms with Crippen molar-refractivity contribution in [3.05, 3.63) is 0 Å². The standard InChI is InChI=1S/C12H26N2O2/c1-9(2)10(3)14(5)8-7-11(13-4)12(15)16-6/h9-11,13H,7-8H2,1-6H3. The van der Waals surface area contributed by atoms with Gasteiger partial charge in [0.15, 0.2) is 0 Å². The summed E-state index contributed by atoms with van der Waals surface area (Å²) in [5.41, 5.74) is 0. The highest BCUT2D eigenvalue weighted by Crippen LogP contribution is 2.09. The van der Waals surface area contributed by atoms with Crippen LogP contribution in [0.1, 0.15) is 27.2 Å². The molecule has 1 N–H and O–H groups in total. The maximum Gasteiger partial charge on any atom is 0.322 e. The summed E-state index contributed by atoms with van der Waals surface area (Å²) in [5, 5.41) is 2.98. The Morgan fingerprint density at radius 1 is 1.38 bits per heavy atom. The summed E-state index contributed by atoms with van der Waals surface area (Å²) in [6.07, 6.45) is 0.775. The number of ether oxygens (including phenoxy) is 1. The summed E-state index contributed by atoms with van der Waals surface area (Å²) in [7, 11) is 5.30. The molecule has 2 atom stereocenters. The third-order valence-electron chi connectivity index (χ3n) is 3.26. The van der Waals surface area contributed by atoms with Gasteiger partial charge in [0.05, 0.1) is 7.11 Å². The molecule has 0 radical (unpaired) electrons. The smallest absolute Gasteiger partial charge is 0.322 e. The zero-order valence-electron chi connectivity index (χ0n) is 11.4. The number of nitrogens with zero attached hydrogens (tertiary/aromatic N) is 1. The second-order valence-corrected chi connectivity index (χ2v) is 4.62. The summed E-state index contributed by atoms with van der Waals surface area (Å²) in [6, 6.07) is 0.321. The van der Waals surface area contributed by atoms with Gasteiger partial charge >= 0.3 is 5.97 Å². The van der Waals surface area contributed by atoms with E-state index in [4.69, 9.17) is 4.74 Å². The largest absolute Gasteiger partial charge is 0.468 e. The van der Waals surface area contributed by atoms with Crippen molar-refractivity contribution in [3.8, 4) is 0 Å². The Labute approximate surface area is 99.3 Å². The number of carbonyl (C=O) groups is 1. The first kappa shape index (κ1) is 15.4. The van der Waals surface area contributed by atoms with Crippen molar-refractivity contribution in [2.24, 2.45) is 5.92 Å². The van der Waals surface area contributed by atoms with Crippen LogP contribution in [0.4, 0.5) is 0 Å². The predicted molar refractivity (Wildman–Crippen MR) is 66.4 cm³/mol. The number of hydrogen-bond donors (Lipinski definition) is 1. The van der Waals surface area contributed by atoms with Crippen LogP contribution in [-0.2, 0) is 9.53 Å². The number of carbonyl (C=O) groups excluding carboxylic acids is 1. The van der Waals surface area contributed by atoms with E-state index in [1.165, 1.54) is 7.11 Å². The first-order chi connectivity index (χ1) is 7.43. The molecule has 0 aromatic heterocycles. The Hall–Kier alpha value is -0.610. The van der Waals surface area contributed by atoms with Gasteiger partial charge in [-0.2, -0.15) is 0 Å². The molecule has 0 fully saturated rings. The van der Waals surface area contributed by atoms with E-state index in [-0.39, 0.29) is 12.0 Å². The zero-order chi connectivity index (χ0) is 12.7. The fourth-order valence-electron chi connectivity index (χ4n) is 1.57. The van der Waals surface area contributed by atoms with Crippen molar-refractivity contribution in [1.82, 2.24) is 10.2 Å². The van der Waals surface area contributed by atoms with Crippen molar-refractivity contribution >= 4 is 5.97 Å². The summed E-state index contributed by atoms with van der Waals surface area (Å²) >= 11 is 0. The average molecular weight is 230 g/mol. The molecule has 16 heavy (non-hydrogen) atoms. The molecule has 0 aromatic carbocycles. The minimum atomic E-state index is -0.202. The highest BCUT2D eigenvalue weighted by molar-refractivity contribution is 5.75. The lowest BCUT2D eigenvalue weighted by Gasteiger charge is -2.28. The topological polar surface area (TPSA) is 41.6 Å². The summed E-state index contributed by atoms with van der Waals surface area (Å²) in [6.45, 7) is 7.51. The molecule has 0 bridgehead atoms. The summed E-state index contributed by atoms with van der Waals surface area (Å²) in [5.74, 6) is 0.435. The fraction of sp³-hybridized carbons (Fsp3) is 0.917. The van der Waals surface area contributed by atoms with Crippen molar-refractivity contribution in [3.63, 3.8) is 0 Å². The van der Waals surface area contributed by atoms with Crippen molar-refractivity contribution < 1.29 is 9.53 Å². The van der Waals surface area contributed by atoms with Crippen LogP contribution in [0.15, 0.2) is 0 Å². The highest BCUT2D eigenvalue weighted by Gasteiger charge is 2.19. The second-order valence-electron chi connectivity index (χ2n) is 4.62. The molecule has 0 spiro atoms. The first-order valence-electron chi connectivity index (χ1n) is 5.89. The summed E-state index contributed by atoms with van der Waals surface area (Å²) in [4.78, 5) is 13.6. The quantitative estimate of drug-likeness (QED) is 0.665. The van der Waals surface area contributed by atoms with Crippen LogP contribution < -0.4 is 5.32 Å². The van der Waals surface area contributed by atoms with Crippen molar-refractivity contribution in [2.45, 2.75) is 39.3 Å². The van der Waals surface area contributed by atoms with E-state index in [1.807, 2.05) is 0 Å². The fourth-order valence-corrected chi connectivity index (χ4v) is 1.57. The van der Waals surface area contributed by atoms with Crippen LogP contribution in [0.5, 0.6) is 0 Å². The predicted octanol–water partition coefficient (Wildman–Crippen LogP) is 1.11. The summed E-state index contributed by atoms with van der Waals surface area (Å²) < 4.78 is 4.72. The molecule has 0 heterocycles. The van der Waals surface area contributed by atoms with E-state index >= 15 is 0 Å². The van der Waals surface area contributed by atoms with Crippen LogP contribution in [0.25, 0.3) is 0 Å². The van der Waals surface area contributed by atoms with Gasteiger partial charge in [-0.25, -0.2) is 0 Å². The molecule has 0 aliphatic carbocycles. The monoisotopic (exact) mass is 230 g/mol. The van der Waals surface area contributed by atoms with Gasteiger partial charge in [0.25, 0.3) is 0 Å². The Morgan fingerprint density at radius 2 is 1.94 bits per heavy atom. The van der Waals surface area contributed by atoms with E-state index < -0.39 is 0 Å². The molecule has 0 amide bonds. The van der Waals surface area contributed by atoms with Gasteiger partial charge in [-0.15, -0.1) is 0 Å². The third kappa shape index (κ3) is 4.94. The van der Waals surface area contributed by atoms with Crippen LogP contribution >= 0.6 is 0 Å². The van der Waals surface area contributed by atoms with Gasteiger partial charge in [0, 0.05) is 12.6 Å². The molecule has 4 nitrogen and oxygen atoms in total. The lowest BCUT2D eigenvalue weighted by Crippen LogP contribution is -2.41. The van der Waals surface area contributed by atoms with E-state index in [1.54, 1.807) is 7.05 Å². The minimum Gasteiger partial charge on any atom is -0.468 e. The molecule has 0 aliphatic rings. The van der Waals surface area contributed by atoms with Crippen molar-refractivity contribution in [1.29, 1.82) is 0 Å². The number of methoxy groups -OCH3 is 1. The van der Waals surface area contributed by atoms with Crippen molar-refractivity contribution in [2.75, 3.05) is 27.7 Å².